The van der Waals surface area contributed by atoms with Crippen molar-refractivity contribution in [1.82, 2.24) is 10.2 Å². The van der Waals surface area contributed by atoms with Crippen LogP contribution in [0.2, 0.25) is 0 Å². The molecule has 0 rings (SSSR count). The fourth-order valence-corrected chi connectivity index (χ4v) is 1.28. The standard InChI is InChI=1S/C10H20N2O4/c1-4-11-10(15)8(2)12(5-6-16-3)7-9(13)14/h8H,4-7H2,1-3H3,(H,11,15)(H,13,14). The Hall–Kier alpha value is -1.14. The summed E-state index contributed by atoms with van der Waals surface area (Å²) in [5.74, 6) is -1.12. The molecule has 0 radical (unpaired) electrons. The van der Waals surface area contributed by atoms with Crippen LogP contribution in [0.4, 0.5) is 0 Å². The fourth-order valence-electron chi connectivity index (χ4n) is 1.28. The zero-order chi connectivity index (χ0) is 12.6. The number of carboxylic acids is 1. The fraction of sp³-hybridized carbons (Fsp3) is 0.800. The van der Waals surface area contributed by atoms with Crippen molar-refractivity contribution in [2.75, 3.05) is 33.4 Å². The molecule has 0 bridgehead atoms. The van der Waals surface area contributed by atoms with Gasteiger partial charge < -0.3 is 15.2 Å². The zero-order valence-corrected chi connectivity index (χ0v) is 10.0. The molecule has 2 N–H and O–H groups in total. The lowest BCUT2D eigenvalue weighted by Crippen LogP contribution is -2.48. The highest BCUT2D eigenvalue weighted by Gasteiger charge is 2.22. The maximum absolute atomic E-state index is 11.5. The second kappa shape index (κ2) is 8.06. The molecule has 1 amide bonds. The summed E-state index contributed by atoms with van der Waals surface area (Å²) in [6.45, 7) is 4.69. The first-order chi connectivity index (χ1) is 7.52. The minimum Gasteiger partial charge on any atom is -0.480 e. The summed E-state index contributed by atoms with van der Waals surface area (Å²) in [6, 6.07) is -0.466. The first-order valence-corrected chi connectivity index (χ1v) is 5.25. The maximum Gasteiger partial charge on any atom is 0.317 e. The molecular formula is C10H20N2O4. The first kappa shape index (κ1) is 14.9. The van der Waals surface area contributed by atoms with Crippen molar-refractivity contribution < 1.29 is 19.4 Å². The van der Waals surface area contributed by atoms with Crippen molar-refractivity contribution in [3.05, 3.63) is 0 Å². The van der Waals surface area contributed by atoms with Gasteiger partial charge in [-0.15, -0.1) is 0 Å². The third kappa shape index (κ3) is 5.67. The third-order valence-electron chi connectivity index (χ3n) is 2.20. The average molecular weight is 232 g/mol. The molecule has 0 aromatic carbocycles. The van der Waals surface area contributed by atoms with E-state index in [1.165, 1.54) is 7.11 Å². The molecule has 6 nitrogen and oxygen atoms in total. The van der Waals surface area contributed by atoms with Crippen LogP contribution in [0.1, 0.15) is 13.8 Å². The molecule has 0 saturated carbocycles. The summed E-state index contributed by atoms with van der Waals surface area (Å²) in [5.41, 5.74) is 0. The summed E-state index contributed by atoms with van der Waals surface area (Å²) >= 11 is 0. The second-order valence-corrected chi connectivity index (χ2v) is 3.43. The van der Waals surface area contributed by atoms with Crippen molar-refractivity contribution in [1.29, 1.82) is 0 Å². The van der Waals surface area contributed by atoms with Gasteiger partial charge in [-0.1, -0.05) is 0 Å². The van der Waals surface area contributed by atoms with E-state index in [-0.39, 0.29) is 12.5 Å². The zero-order valence-electron chi connectivity index (χ0n) is 10.0. The lowest BCUT2D eigenvalue weighted by atomic mass is 10.2. The molecule has 0 aliphatic heterocycles. The summed E-state index contributed by atoms with van der Waals surface area (Å²) < 4.78 is 4.88. The molecule has 0 aromatic rings. The Bertz CT molecular complexity index is 233. The van der Waals surface area contributed by atoms with Crippen molar-refractivity contribution in [2.45, 2.75) is 19.9 Å². The molecule has 94 valence electrons. The third-order valence-corrected chi connectivity index (χ3v) is 2.20. The predicted molar refractivity (Wildman–Crippen MR) is 59.2 cm³/mol. The second-order valence-electron chi connectivity index (χ2n) is 3.43. The number of likely N-dealkylation sites (N-methyl/N-ethyl adjacent to an activating group) is 1. The van der Waals surface area contributed by atoms with Crippen LogP contribution >= 0.6 is 0 Å². The topological polar surface area (TPSA) is 78.9 Å². The number of nitrogens with one attached hydrogen (secondary N) is 1. The molecule has 0 aromatic heterocycles. The molecule has 0 aliphatic rings. The van der Waals surface area contributed by atoms with Crippen molar-refractivity contribution >= 4 is 11.9 Å². The van der Waals surface area contributed by atoms with E-state index in [4.69, 9.17) is 9.84 Å². The van der Waals surface area contributed by atoms with Crippen LogP contribution < -0.4 is 5.32 Å². The number of methoxy groups -OCH3 is 1. The number of carboxylic acid groups (broad SMARTS) is 1. The highest BCUT2D eigenvalue weighted by Crippen LogP contribution is 1.99. The van der Waals surface area contributed by atoms with E-state index >= 15 is 0 Å². The summed E-state index contributed by atoms with van der Waals surface area (Å²) in [5, 5.41) is 11.4. The first-order valence-electron chi connectivity index (χ1n) is 5.25. The van der Waals surface area contributed by atoms with E-state index in [1.807, 2.05) is 6.92 Å². The van der Waals surface area contributed by atoms with E-state index in [2.05, 4.69) is 5.32 Å². The number of carbonyl (C=O) groups is 2. The number of hydrogen-bond donors (Lipinski definition) is 2. The van der Waals surface area contributed by atoms with Crippen LogP contribution in [-0.2, 0) is 14.3 Å². The van der Waals surface area contributed by atoms with Gasteiger partial charge in [0.2, 0.25) is 5.91 Å². The predicted octanol–water partition coefficient (Wildman–Crippen LogP) is -0.456. The van der Waals surface area contributed by atoms with Crippen LogP contribution in [-0.4, -0.2) is 61.3 Å². The van der Waals surface area contributed by atoms with E-state index in [9.17, 15) is 9.59 Å². The number of aliphatic carboxylic acids is 1. The molecule has 0 heterocycles. The van der Waals surface area contributed by atoms with Crippen LogP contribution in [0, 0.1) is 0 Å². The monoisotopic (exact) mass is 232 g/mol. The molecule has 0 saturated heterocycles. The maximum atomic E-state index is 11.5. The van der Waals surface area contributed by atoms with Crippen molar-refractivity contribution in [3.63, 3.8) is 0 Å². The van der Waals surface area contributed by atoms with E-state index in [0.29, 0.717) is 19.7 Å². The van der Waals surface area contributed by atoms with E-state index < -0.39 is 12.0 Å². The Labute approximate surface area is 95.6 Å². The molecule has 6 heteroatoms. The van der Waals surface area contributed by atoms with Gasteiger partial charge in [-0.25, -0.2) is 0 Å². The molecule has 0 spiro atoms. The molecular weight excluding hydrogens is 212 g/mol. The lowest BCUT2D eigenvalue weighted by molar-refractivity contribution is -0.140. The Morgan fingerprint density at radius 3 is 2.56 bits per heavy atom. The number of nitrogens with zero attached hydrogens (tertiary/aromatic N) is 1. The van der Waals surface area contributed by atoms with Gasteiger partial charge in [0.15, 0.2) is 0 Å². The highest BCUT2D eigenvalue weighted by molar-refractivity contribution is 5.82. The Kier molecular flexibility index (Phi) is 7.49. The summed E-state index contributed by atoms with van der Waals surface area (Å²) in [7, 11) is 1.54. The van der Waals surface area contributed by atoms with Crippen molar-refractivity contribution in [2.24, 2.45) is 0 Å². The normalized spacial score (nSPS) is 12.5. The minimum absolute atomic E-state index is 0.165. The lowest BCUT2D eigenvalue weighted by Gasteiger charge is -2.26. The van der Waals surface area contributed by atoms with Gasteiger partial charge >= 0.3 is 5.97 Å². The van der Waals surface area contributed by atoms with Crippen LogP contribution in [0.25, 0.3) is 0 Å². The molecule has 1 atom stereocenters. The smallest absolute Gasteiger partial charge is 0.317 e. The molecule has 0 fully saturated rings. The van der Waals surface area contributed by atoms with Gasteiger partial charge in [-0.3, -0.25) is 14.5 Å². The van der Waals surface area contributed by atoms with E-state index in [0.717, 1.165) is 0 Å². The number of amides is 1. The van der Waals surface area contributed by atoms with Crippen LogP contribution in [0.5, 0.6) is 0 Å². The van der Waals surface area contributed by atoms with Crippen molar-refractivity contribution in [3.8, 4) is 0 Å². The van der Waals surface area contributed by atoms with Crippen LogP contribution in [0.3, 0.4) is 0 Å². The SMILES string of the molecule is CCNC(=O)C(C)N(CCOC)CC(=O)O. The van der Waals surface area contributed by atoms with Crippen LogP contribution in [0.15, 0.2) is 0 Å². The largest absolute Gasteiger partial charge is 0.480 e. The van der Waals surface area contributed by atoms with Gasteiger partial charge in [0.1, 0.15) is 0 Å². The van der Waals surface area contributed by atoms with Gasteiger partial charge in [-0.05, 0) is 13.8 Å². The minimum atomic E-state index is -0.952. The number of rotatable bonds is 8. The van der Waals surface area contributed by atoms with Gasteiger partial charge in [0.25, 0.3) is 0 Å². The average Bonchev–Trinajstić information content (AvgIpc) is 2.23. The molecule has 1 unspecified atom stereocenters. The molecule has 0 aliphatic carbocycles. The number of hydrogen-bond acceptors (Lipinski definition) is 4. The molecule has 16 heavy (non-hydrogen) atoms. The Morgan fingerprint density at radius 2 is 2.12 bits per heavy atom. The van der Waals surface area contributed by atoms with Gasteiger partial charge in [-0.2, -0.15) is 0 Å². The van der Waals surface area contributed by atoms with Gasteiger partial charge in [0.05, 0.1) is 19.2 Å². The summed E-state index contributed by atoms with van der Waals surface area (Å²) in [4.78, 5) is 23.8. The Balaban J connectivity index is 4.35. The highest BCUT2D eigenvalue weighted by atomic mass is 16.5. The van der Waals surface area contributed by atoms with E-state index in [1.54, 1.807) is 11.8 Å². The number of carbonyl (C=O) groups excluding carboxylic acids is 1. The van der Waals surface area contributed by atoms with Gasteiger partial charge in [0, 0.05) is 20.2 Å². The Morgan fingerprint density at radius 1 is 1.50 bits per heavy atom. The number of ether oxygens (including phenoxy) is 1. The summed E-state index contributed by atoms with van der Waals surface area (Å²) in [6.07, 6.45) is 0. The quantitative estimate of drug-likeness (QED) is 0.592.